The summed E-state index contributed by atoms with van der Waals surface area (Å²) >= 11 is 0. The smallest absolute Gasteiger partial charge is 0.305 e. The van der Waals surface area contributed by atoms with Gasteiger partial charge in [-0.25, -0.2) is 0 Å². The van der Waals surface area contributed by atoms with E-state index in [9.17, 15) is 14.4 Å². The van der Waals surface area contributed by atoms with Crippen LogP contribution in [-0.4, -0.2) is 87.8 Å². The van der Waals surface area contributed by atoms with Crippen LogP contribution in [0.4, 0.5) is 0 Å². The summed E-state index contributed by atoms with van der Waals surface area (Å²) in [6.45, 7) is 24.8. The second-order valence-electron chi connectivity index (χ2n) is 13.2. The summed E-state index contributed by atoms with van der Waals surface area (Å²) in [5.74, 6) is 1.29. The van der Waals surface area contributed by atoms with Gasteiger partial charge in [-0.2, -0.15) is 0 Å². The van der Waals surface area contributed by atoms with Gasteiger partial charge in [0.05, 0.1) is 45.7 Å². The Labute approximate surface area is 339 Å². The molecule has 0 fully saturated rings. The van der Waals surface area contributed by atoms with Crippen molar-refractivity contribution in [3.63, 3.8) is 0 Å². The molecule has 0 radical (unpaired) electrons. The molecular formula is C44H101NO9. The molecule has 10 heteroatoms. The molecule has 0 spiro atoms. The predicted octanol–water partition coefficient (Wildman–Crippen LogP) is 12.2. The summed E-state index contributed by atoms with van der Waals surface area (Å²) in [5, 5.41) is 19.9. The highest BCUT2D eigenvalue weighted by Crippen LogP contribution is 2.07. The standard InChI is InChI=1S/C13H24O4.C11H25NO2.C8H16O2.C6H12O.6CH4/c1-12(2)6-5-10-16-8-3-4-9-17-11-7-13(14)15;1-11(2)5-4-8-14-10-7-12-6-9-13-3;1-7(2)5-3-4-6-8(9)10;1-4-6(7)5(2)3;;;;;;/h3,8,12H,4-7,9-11H2,1-2H3,(H,14,15);11-12H,4-10H2,1-3H3;7H,3-6H2,1-2H3,(H,9,10);5H,4H2,1-3H3;6*1H4/b8-3+;;;;;;;;;. The van der Waals surface area contributed by atoms with Crippen LogP contribution < -0.4 is 5.32 Å². The zero-order chi connectivity index (χ0) is 37.4. The Morgan fingerprint density at radius 2 is 1.06 bits per heavy atom. The molecule has 0 aromatic rings. The van der Waals surface area contributed by atoms with Gasteiger partial charge >= 0.3 is 11.9 Å². The van der Waals surface area contributed by atoms with Crippen molar-refractivity contribution in [3.05, 3.63) is 12.3 Å². The van der Waals surface area contributed by atoms with Gasteiger partial charge in [0.15, 0.2) is 0 Å². The molecule has 0 amide bonds. The van der Waals surface area contributed by atoms with E-state index in [0.29, 0.717) is 31.1 Å². The maximum absolute atomic E-state index is 10.5. The SMILES string of the molecule is C.C.C.C.C.C.CC(C)CCCCC(=O)O.CC(C)CCCO/C=C/CCOCCC(=O)O.CCC(=O)C(C)C.COCCNCCOCCCC(C)C. The number of rotatable bonds is 28. The quantitative estimate of drug-likeness (QED) is 0.0518. The first-order valence-electron chi connectivity index (χ1n) is 18.3. The van der Waals surface area contributed by atoms with E-state index in [1.807, 2.05) is 26.8 Å². The summed E-state index contributed by atoms with van der Waals surface area (Å²) in [6.07, 6.45) is 13.1. The minimum Gasteiger partial charge on any atom is -0.502 e. The van der Waals surface area contributed by atoms with Gasteiger partial charge in [0, 0.05) is 45.6 Å². The van der Waals surface area contributed by atoms with Crippen molar-refractivity contribution in [2.75, 3.05) is 59.8 Å². The fourth-order valence-corrected chi connectivity index (χ4v) is 3.57. The summed E-state index contributed by atoms with van der Waals surface area (Å²) in [6, 6.07) is 0. The maximum Gasteiger partial charge on any atom is 0.305 e. The van der Waals surface area contributed by atoms with Gasteiger partial charge in [0.25, 0.3) is 0 Å². The third kappa shape index (κ3) is 92.6. The normalized spacial score (nSPS) is 9.59. The zero-order valence-electron chi connectivity index (χ0n) is 32.7. The molecule has 0 saturated heterocycles. The molecule has 0 bridgehead atoms. The average molecular weight is 788 g/mol. The van der Waals surface area contributed by atoms with Crippen molar-refractivity contribution < 1.29 is 43.5 Å². The lowest BCUT2D eigenvalue weighted by Gasteiger charge is -2.06. The molecule has 3 N–H and O–H groups in total. The Balaban J connectivity index is -0.0000000599. The Hall–Kier alpha value is -2.01. The van der Waals surface area contributed by atoms with Crippen LogP contribution in [0, 0.1) is 23.7 Å². The van der Waals surface area contributed by atoms with Crippen LogP contribution in [0.25, 0.3) is 0 Å². The number of Topliss-reactive ketones (excluding diaryl/α,β-unsaturated/α-hetero) is 1. The van der Waals surface area contributed by atoms with Crippen LogP contribution in [0.15, 0.2) is 12.3 Å². The van der Waals surface area contributed by atoms with E-state index in [2.05, 4.69) is 46.9 Å². The van der Waals surface area contributed by atoms with Gasteiger partial charge in [-0.1, -0.05) is 120 Å². The number of unbranched alkanes of at least 4 members (excludes halogenated alkanes) is 1. The lowest BCUT2D eigenvalue weighted by atomic mass is 10.1. The van der Waals surface area contributed by atoms with E-state index in [0.717, 1.165) is 83.5 Å². The Bertz CT molecular complexity index is 712. The van der Waals surface area contributed by atoms with Crippen LogP contribution in [0.5, 0.6) is 0 Å². The fraction of sp³-hybridized carbons (Fsp3) is 0.886. The van der Waals surface area contributed by atoms with Crippen molar-refractivity contribution in [2.45, 2.75) is 178 Å². The predicted molar refractivity (Wildman–Crippen MR) is 238 cm³/mol. The molecule has 0 aromatic carbocycles. The van der Waals surface area contributed by atoms with Crippen LogP contribution in [0.1, 0.15) is 178 Å². The third-order valence-corrected chi connectivity index (χ3v) is 6.52. The topological polar surface area (TPSA) is 141 Å². The maximum atomic E-state index is 10.5. The van der Waals surface area contributed by atoms with Gasteiger partial charge in [0.2, 0.25) is 0 Å². The Morgan fingerprint density at radius 1 is 0.593 bits per heavy atom. The van der Waals surface area contributed by atoms with E-state index in [-0.39, 0.29) is 63.5 Å². The molecule has 0 aliphatic carbocycles. The van der Waals surface area contributed by atoms with Gasteiger partial charge in [-0.15, -0.1) is 0 Å². The van der Waals surface area contributed by atoms with E-state index in [1.54, 1.807) is 13.4 Å². The summed E-state index contributed by atoms with van der Waals surface area (Å²) in [7, 11) is 1.71. The van der Waals surface area contributed by atoms with Gasteiger partial charge in [0.1, 0.15) is 5.78 Å². The summed E-state index contributed by atoms with van der Waals surface area (Å²) < 4.78 is 20.8. The van der Waals surface area contributed by atoms with E-state index in [1.165, 1.54) is 19.3 Å². The zero-order valence-corrected chi connectivity index (χ0v) is 32.7. The molecule has 0 unspecified atom stereocenters. The number of hydrogen-bond acceptors (Lipinski definition) is 8. The Kier molecular flexibility index (Phi) is 89.4. The highest BCUT2D eigenvalue weighted by molar-refractivity contribution is 5.79. The fourth-order valence-electron chi connectivity index (χ4n) is 3.57. The molecule has 336 valence electrons. The number of methoxy groups -OCH3 is 1. The number of hydrogen-bond donors (Lipinski definition) is 3. The number of nitrogens with one attached hydrogen (secondary N) is 1. The number of carboxylic acids is 2. The van der Waals surface area contributed by atoms with Crippen molar-refractivity contribution >= 4 is 17.7 Å². The molecule has 0 aliphatic rings. The number of ether oxygens (including phenoxy) is 4. The largest absolute Gasteiger partial charge is 0.502 e. The van der Waals surface area contributed by atoms with Gasteiger partial charge in [-0.3, -0.25) is 14.4 Å². The molecule has 0 atom stereocenters. The minimum atomic E-state index is -0.825. The molecule has 0 rings (SSSR count). The first-order chi connectivity index (χ1) is 22.7. The Morgan fingerprint density at radius 3 is 1.48 bits per heavy atom. The van der Waals surface area contributed by atoms with E-state index < -0.39 is 11.9 Å². The average Bonchev–Trinajstić information content (AvgIpc) is 3.01. The highest BCUT2D eigenvalue weighted by Gasteiger charge is 2.01. The van der Waals surface area contributed by atoms with Crippen molar-refractivity contribution in [1.29, 1.82) is 0 Å². The number of carbonyl (C=O) groups is 3. The van der Waals surface area contributed by atoms with Gasteiger partial charge < -0.3 is 34.5 Å². The lowest BCUT2D eigenvalue weighted by Crippen LogP contribution is -2.23. The molecule has 0 aliphatic heterocycles. The molecule has 54 heavy (non-hydrogen) atoms. The molecule has 0 saturated carbocycles. The van der Waals surface area contributed by atoms with Crippen LogP contribution >= 0.6 is 0 Å². The van der Waals surface area contributed by atoms with Crippen molar-refractivity contribution in [2.24, 2.45) is 23.7 Å². The van der Waals surface area contributed by atoms with E-state index >= 15 is 0 Å². The monoisotopic (exact) mass is 788 g/mol. The second-order valence-corrected chi connectivity index (χ2v) is 13.2. The molecular weight excluding hydrogens is 686 g/mol. The number of aliphatic carboxylic acids is 2. The van der Waals surface area contributed by atoms with E-state index in [4.69, 9.17) is 29.2 Å². The van der Waals surface area contributed by atoms with Crippen LogP contribution in [0.2, 0.25) is 0 Å². The summed E-state index contributed by atoms with van der Waals surface area (Å²) in [5.41, 5.74) is 0. The lowest BCUT2D eigenvalue weighted by molar-refractivity contribution is -0.138. The molecule has 10 nitrogen and oxygen atoms in total. The van der Waals surface area contributed by atoms with Crippen molar-refractivity contribution in [1.82, 2.24) is 5.32 Å². The minimum absolute atomic E-state index is 0. The number of carbonyl (C=O) groups excluding carboxylic acids is 1. The second kappa shape index (κ2) is 63.0. The van der Waals surface area contributed by atoms with Gasteiger partial charge in [-0.05, 0) is 62.4 Å². The van der Waals surface area contributed by atoms with Crippen LogP contribution in [0.3, 0.4) is 0 Å². The first-order valence-corrected chi connectivity index (χ1v) is 18.3. The van der Waals surface area contributed by atoms with Crippen molar-refractivity contribution in [3.8, 4) is 0 Å². The molecule has 0 aromatic heterocycles. The number of ketones is 1. The third-order valence-electron chi connectivity index (χ3n) is 6.52. The summed E-state index contributed by atoms with van der Waals surface area (Å²) in [4.78, 5) is 30.7. The highest BCUT2D eigenvalue weighted by atomic mass is 16.5. The molecule has 0 heterocycles. The first kappa shape index (κ1) is 76.7. The number of carboxylic acid groups (broad SMARTS) is 2. The van der Waals surface area contributed by atoms with Crippen LogP contribution in [-0.2, 0) is 33.3 Å².